The lowest BCUT2D eigenvalue weighted by Gasteiger charge is -2.34. The first kappa shape index (κ1) is 20.1. The van der Waals surface area contributed by atoms with Gasteiger partial charge in [0.2, 0.25) is 11.8 Å². The van der Waals surface area contributed by atoms with Crippen molar-refractivity contribution in [2.75, 3.05) is 26.7 Å². The Bertz CT molecular complexity index is 1030. The van der Waals surface area contributed by atoms with Crippen LogP contribution in [0.5, 0.6) is 5.75 Å². The largest absolute Gasteiger partial charge is 0.497 e. The van der Waals surface area contributed by atoms with Crippen LogP contribution in [0.15, 0.2) is 52.9 Å². The minimum absolute atomic E-state index is 0.0764. The van der Waals surface area contributed by atoms with Crippen LogP contribution >= 0.6 is 0 Å². The van der Waals surface area contributed by atoms with Crippen LogP contribution in [-0.4, -0.2) is 47.4 Å². The molecule has 6 nitrogen and oxygen atoms in total. The van der Waals surface area contributed by atoms with E-state index < -0.39 is 0 Å². The molecule has 0 aliphatic carbocycles. The van der Waals surface area contributed by atoms with E-state index >= 15 is 0 Å². The molecule has 4 rings (SSSR count). The van der Waals surface area contributed by atoms with Crippen molar-refractivity contribution >= 4 is 5.91 Å². The molecular formula is C23H24FN3O3. The van der Waals surface area contributed by atoms with Gasteiger partial charge < -0.3 is 14.1 Å². The van der Waals surface area contributed by atoms with E-state index in [2.05, 4.69) is 4.98 Å². The number of halogens is 1. The molecule has 0 atom stereocenters. The van der Waals surface area contributed by atoms with Gasteiger partial charge in [-0.2, -0.15) is 0 Å². The molecular weight excluding hydrogens is 385 g/mol. The first-order chi connectivity index (χ1) is 14.5. The number of piperazine rings is 1. The van der Waals surface area contributed by atoms with Gasteiger partial charge in [0.25, 0.3) is 0 Å². The van der Waals surface area contributed by atoms with Crippen LogP contribution in [-0.2, 0) is 17.9 Å². The normalized spacial score (nSPS) is 14.9. The van der Waals surface area contributed by atoms with Gasteiger partial charge in [0.15, 0.2) is 0 Å². The zero-order valence-corrected chi connectivity index (χ0v) is 17.1. The topological polar surface area (TPSA) is 58.8 Å². The number of carbonyl (C=O) groups is 1. The van der Waals surface area contributed by atoms with Gasteiger partial charge in [-0.25, -0.2) is 9.37 Å². The Balaban J connectivity index is 1.38. The van der Waals surface area contributed by atoms with Crippen LogP contribution in [0, 0.1) is 12.7 Å². The minimum Gasteiger partial charge on any atom is -0.497 e. The summed E-state index contributed by atoms with van der Waals surface area (Å²) in [4.78, 5) is 21.0. The summed E-state index contributed by atoms with van der Waals surface area (Å²) in [6.07, 6.45) is 0. The first-order valence-electron chi connectivity index (χ1n) is 9.88. The molecule has 0 bridgehead atoms. The number of nitrogens with zero attached hydrogens (tertiary/aromatic N) is 3. The molecule has 1 fully saturated rings. The highest BCUT2D eigenvalue weighted by atomic mass is 19.1. The molecule has 1 saturated heterocycles. The second-order valence-corrected chi connectivity index (χ2v) is 7.38. The number of aromatic nitrogens is 1. The molecule has 3 aromatic rings. The van der Waals surface area contributed by atoms with Crippen LogP contribution in [0.1, 0.15) is 17.0 Å². The number of oxazole rings is 1. The molecule has 1 aliphatic rings. The van der Waals surface area contributed by atoms with Crippen molar-refractivity contribution in [3.63, 3.8) is 0 Å². The Labute approximate surface area is 174 Å². The first-order valence-corrected chi connectivity index (χ1v) is 9.88. The second-order valence-electron chi connectivity index (χ2n) is 7.38. The van der Waals surface area contributed by atoms with Crippen molar-refractivity contribution in [3.05, 3.63) is 71.4 Å². The summed E-state index contributed by atoms with van der Waals surface area (Å²) < 4.78 is 24.9. The monoisotopic (exact) mass is 409 g/mol. The fourth-order valence-corrected chi connectivity index (χ4v) is 3.55. The van der Waals surface area contributed by atoms with Gasteiger partial charge >= 0.3 is 0 Å². The molecule has 1 amide bonds. The van der Waals surface area contributed by atoms with Crippen molar-refractivity contribution in [1.82, 2.24) is 14.8 Å². The summed E-state index contributed by atoms with van der Waals surface area (Å²) in [5.41, 5.74) is 2.14. The highest BCUT2D eigenvalue weighted by Gasteiger charge is 2.25. The standard InChI is InChI=1S/C23H24FN3O3/c1-16-21(25-23(30-16)19-5-3-4-6-20(19)24)14-26-11-12-27(22(28)15-26)13-17-7-9-18(29-2)10-8-17/h3-10H,11-15H2,1-2H3. The van der Waals surface area contributed by atoms with E-state index in [1.54, 1.807) is 25.3 Å². The maximum absolute atomic E-state index is 14.0. The number of benzene rings is 2. The number of rotatable bonds is 6. The molecule has 0 saturated carbocycles. The lowest BCUT2D eigenvalue weighted by atomic mass is 10.2. The van der Waals surface area contributed by atoms with Crippen LogP contribution < -0.4 is 4.74 Å². The van der Waals surface area contributed by atoms with Gasteiger partial charge in [0, 0.05) is 26.2 Å². The zero-order valence-electron chi connectivity index (χ0n) is 17.1. The number of hydrogen-bond donors (Lipinski definition) is 0. The van der Waals surface area contributed by atoms with E-state index in [9.17, 15) is 9.18 Å². The Morgan fingerprint density at radius 3 is 2.57 bits per heavy atom. The Hall–Kier alpha value is -3.19. The Morgan fingerprint density at radius 1 is 1.10 bits per heavy atom. The summed E-state index contributed by atoms with van der Waals surface area (Å²) in [5, 5.41) is 0. The molecule has 0 radical (unpaired) electrons. The number of hydrogen-bond acceptors (Lipinski definition) is 5. The molecule has 0 unspecified atom stereocenters. The van der Waals surface area contributed by atoms with Gasteiger partial charge in [-0.3, -0.25) is 9.69 Å². The van der Waals surface area contributed by atoms with Crippen LogP contribution in [0.4, 0.5) is 4.39 Å². The average molecular weight is 409 g/mol. The summed E-state index contributed by atoms with van der Waals surface area (Å²) in [7, 11) is 1.63. The van der Waals surface area contributed by atoms with E-state index in [0.29, 0.717) is 37.5 Å². The molecule has 0 spiro atoms. The van der Waals surface area contributed by atoms with E-state index in [4.69, 9.17) is 9.15 Å². The van der Waals surface area contributed by atoms with E-state index in [-0.39, 0.29) is 17.6 Å². The summed E-state index contributed by atoms with van der Waals surface area (Å²) in [5.74, 6) is 1.42. The van der Waals surface area contributed by atoms with E-state index in [1.807, 2.05) is 41.0 Å². The van der Waals surface area contributed by atoms with E-state index in [1.165, 1.54) is 6.07 Å². The van der Waals surface area contributed by atoms with Gasteiger partial charge in [-0.15, -0.1) is 0 Å². The number of carbonyl (C=O) groups excluding carboxylic acids is 1. The van der Waals surface area contributed by atoms with E-state index in [0.717, 1.165) is 23.6 Å². The minimum atomic E-state index is -0.368. The molecule has 0 N–H and O–H groups in total. The third kappa shape index (κ3) is 4.36. The number of methoxy groups -OCH3 is 1. The highest BCUT2D eigenvalue weighted by molar-refractivity contribution is 5.79. The van der Waals surface area contributed by atoms with Crippen molar-refractivity contribution in [3.8, 4) is 17.2 Å². The predicted molar refractivity (Wildman–Crippen MR) is 110 cm³/mol. The van der Waals surface area contributed by atoms with Crippen molar-refractivity contribution in [1.29, 1.82) is 0 Å². The molecule has 156 valence electrons. The van der Waals surface area contributed by atoms with Crippen LogP contribution in [0.3, 0.4) is 0 Å². The lowest BCUT2D eigenvalue weighted by molar-refractivity contribution is -0.136. The molecule has 2 heterocycles. The van der Waals surface area contributed by atoms with Crippen molar-refractivity contribution < 1.29 is 18.3 Å². The summed E-state index contributed by atoms with van der Waals surface area (Å²) >= 11 is 0. The third-order valence-electron chi connectivity index (χ3n) is 5.30. The molecule has 30 heavy (non-hydrogen) atoms. The molecule has 1 aliphatic heterocycles. The quantitative estimate of drug-likeness (QED) is 0.622. The Morgan fingerprint density at radius 2 is 1.87 bits per heavy atom. The smallest absolute Gasteiger partial charge is 0.237 e. The fourth-order valence-electron chi connectivity index (χ4n) is 3.55. The zero-order chi connectivity index (χ0) is 21.1. The van der Waals surface area contributed by atoms with Gasteiger partial charge in [0.1, 0.15) is 17.3 Å². The molecule has 1 aromatic heterocycles. The van der Waals surface area contributed by atoms with Crippen molar-refractivity contribution in [2.24, 2.45) is 0 Å². The summed E-state index contributed by atoms with van der Waals surface area (Å²) in [6.45, 7) is 4.58. The SMILES string of the molecule is COc1ccc(CN2CCN(Cc3nc(-c4ccccc4F)oc3C)CC2=O)cc1. The second kappa shape index (κ2) is 8.67. The van der Waals surface area contributed by atoms with Crippen LogP contribution in [0.2, 0.25) is 0 Å². The lowest BCUT2D eigenvalue weighted by Crippen LogP contribution is -2.49. The predicted octanol–water partition coefficient (Wildman–Crippen LogP) is 3.64. The van der Waals surface area contributed by atoms with Gasteiger partial charge in [-0.1, -0.05) is 24.3 Å². The van der Waals surface area contributed by atoms with Gasteiger partial charge in [0.05, 0.1) is 24.9 Å². The molecule has 7 heteroatoms. The fraction of sp³-hybridized carbons (Fsp3) is 0.304. The summed E-state index contributed by atoms with van der Waals surface area (Å²) in [6, 6.07) is 14.2. The maximum atomic E-state index is 14.0. The number of amides is 1. The average Bonchev–Trinajstić information content (AvgIpc) is 3.11. The Kier molecular flexibility index (Phi) is 5.81. The highest BCUT2D eigenvalue weighted by Crippen LogP contribution is 2.25. The number of ether oxygens (including phenoxy) is 1. The third-order valence-corrected chi connectivity index (χ3v) is 5.30. The number of aryl methyl sites for hydroxylation is 1. The maximum Gasteiger partial charge on any atom is 0.237 e. The van der Waals surface area contributed by atoms with Gasteiger partial charge in [-0.05, 0) is 36.8 Å². The van der Waals surface area contributed by atoms with Crippen LogP contribution in [0.25, 0.3) is 11.5 Å². The molecule has 2 aromatic carbocycles. The van der Waals surface area contributed by atoms with Crippen molar-refractivity contribution in [2.45, 2.75) is 20.0 Å².